The summed E-state index contributed by atoms with van der Waals surface area (Å²) in [7, 11) is 1.54. The molecule has 3 N–H and O–H groups in total. The number of benzene rings is 3. The molecule has 0 unspecified atom stereocenters. The zero-order valence-electron chi connectivity index (χ0n) is 15.9. The van der Waals surface area contributed by atoms with Crippen molar-refractivity contribution in [3.8, 4) is 23.0 Å². The number of carbonyl (C=O) groups excluding carboxylic acids is 2. The fourth-order valence-corrected chi connectivity index (χ4v) is 2.51. The van der Waals surface area contributed by atoms with Gasteiger partial charge in [0.15, 0.2) is 0 Å². The van der Waals surface area contributed by atoms with E-state index < -0.39 is 11.9 Å². The summed E-state index contributed by atoms with van der Waals surface area (Å²) in [5.41, 5.74) is 3.29. The smallest absolute Gasteiger partial charge is 0.343 e. The van der Waals surface area contributed by atoms with Gasteiger partial charge in [-0.05, 0) is 54.1 Å². The molecule has 152 valence electrons. The van der Waals surface area contributed by atoms with E-state index in [1.165, 1.54) is 25.5 Å². The van der Waals surface area contributed by atoms with Crippen LogP contribution in [0.5, 0.6) is 23.0 Å². The highest BCUT2D eigenvalue weighted by molar-refractivity contribution is 5.95. The quantitative estimate of drug-likeness (QED) is 0.251. The third-order valence-electron chi connectivity index (χ3n) is 3.94. The molecule has 0 bridgehead atoms. The Labute approximate surface area is 172 Å². The van der Waals surface area contributed by atoms with Gasteiger partial charge in [-0.2, -0.15) is 5.10 Å². The highest BCUT2D eigenvalue weighted by Crippen LogP contribution is 2.20. The van der Waals surface area contributed by atoms with Crippen LogP contribution in [0, 0.1) is 0 Å². The van der Waals surface area contributed by atoms with Crippen LogP contribution >= 0.6 is 0 Å². The molecule has 0 saturated heterocycles. The molecule has 0 saturated carbocycles. The monoisotopic (exact) mass is 406 g/mol. The number of rotatable bonds is 6. The molecule has 8 heteroatoms. The number of hydrogen-bond acceptors (Lipinski definition) is 7. The van der Waals surface area contributed by atoms with E-state index in [4.69, 9.17) is 9.47 Å². The number of esters is 1. The van der Waals surface area contributed by atoms with Gasteiger partial charge in [-0.15, -0.1) is 0 Å². The number of phenols is 2. The first kappa shape index (κ1) is 20.4. The molecule has 0 fully saturated rings. The van der Waals surface area contributed by atoms with Crippen molar-refractivity contribution in [2.45, 2.75) is 0 Å². The Morgan fingerprint density at radius 3 is 2.27 bits per heavy atom. The van der Waals surface area contributed by atoms with Crippen molar-refractivity contribution in [3.05, 3.63) is 83.4 Å². The minimum absolute atomic E-state index is 0.0480. The number of ether oxygens (including phenoxy) is 2. The van der Waals surface area contributed by atoms with Crippen LogP contribution in [0.4, 0.5) is 0 Å². The topological polar surface area (TPSA) is 117 Å². The van der Waals surface area contributed by atoms with Gasteiger partial charge >= 0.3 is 5.97 Å². The van der Waals surface area contributed by atoms with E-state index in [-0.39, 0.29) is 17.1 Å². The largest absolute Gasteiger partial charge is 0.508 e. The predicted molar refractivity (Wildman–Crippen MR) is 109 cm³/mol. The van der Waals surface area contributed by atoms with Gasteiger partial charge in [-0.25, -0.2) is 10.2 Å². The SMILES string of the molecule is COc1ccc(C(=O)Oc2cccc(/C=N\NC(=O)c3cc(O)cc(O)c3)c2)cc1. The lowest BCUT2D eigenvalue weighted by atomic mass is 10.2. The molecule has 3 aromatic rings. The predicted octanol–water partition coefficient (Wildman–Crippen LogP) is 3.09. The highest BCUT2D eigenvalue weighted by Gasteiger charge is 2.10. The van der Waals surface area contributed by atoms with Crippen LogP contribution in [0.25, 0.3) is 0 Å². The molecular formula is C22H18N2O6. The molecular weight excluding hydrogens is 388 g/mol. The summed E-state index contributed by atoms with van der Waals surface area (Å²) in [6, 6.07) is 16.6. The number of carbonyl (C=O) groups is 2. The third-order valence-corrected chi connectivity index (χ3v) is 3.94. The maximum Gasteiger partial charge on any atom is 0.343 e. The maximum atomic E-state index is 12.2. The second kappa shape index (κ2) is 9.24. The molecule has 0 atom stereocenters. The summed E-state index contributed by atoms with van der Waals surface area (Å²) in [4.78, 5) is 24.3. The number of aromatic hydroxyl groups is 2. The van der Waals surface area contributed by atoms with Crippen molar-refractivity contribution in [2.24, 2.45) is 5.10 Å². The summed E-state index contributed by atoms with van der Waals surface area (Å²) < 4.78 is 10.4. The molecule has 1 amide bonds. The molecule has 3 rings (SSSR count). The minimum Gasteiger partial charge on any atom is -0.508 e. The molecule has 0 spiro atoms. The second-order valence-corrected chi connectivity index (χ2v) is 6.13. The molecule has 30 heavy (non-hydrogen) atoms. The van der Waals surface area contributed by atoms with Gasteiger partial charge in [0, 0.05) is 11.6 Å². The Morgan fingerprint density at radius 1 is 0.900 bits per heavy atom. The molecule has 0 aliphatic rings. The van der Waals surface area contributed by atoms with Crippen molar-refractivity contribution >= 4 is 18.1 Å². The van der Waals surface area contributed by atoms with Gasteiger partial charge < -0.3 is 19.7 Å². The number of amides is 1. The lowest BCUT2D eigenvalue weighted by Gasteiger charge is -2.06. The number of phenolic OH excluding ortho intramolecular Hbond substituents is 2. The lowest BCUT2D eigenvalue weighted by molar-refractivity contribution is 0.0734. The average molecular weight is 406 g/mol. The van der Waals surface area contributed by atoms with E-state index in [9.17, 15) is 19.8 Å². The summed E-state index contributed by atoms with van der Waals surface area (Å²) >= 11 is 0. The van der Waals surface area contributed by atoms with Crippen molar-refractivity contribution in [3.63, 3.8) is 0 Å². The van der Waals surface area contributed by atoms with Crippen LogP contribution in [0.1, 0.15) is 26.3 Å². The molecule has 0 aliphatic heterocycles. The molecule has 0 aromatic heterocycles. The molecule has 0 aliphatic carbocycles. The van der Waals surface area contributed by atoms with Crippen LogP contribution in [0.15, 0.2) is 71.8 Å². The van der Waals surface area contributed by atoms with Crippen molar-refractivity contribution in [2.75, 3.05) is 7.11 Å². The maximum absolute atomic E-state index is 12.2. The summed E-state index contributed by atoms with van der Waals surface area (Å²) in [6.07, 6.45) is 1.37. The van der Waals surface area contributed by atoms with Crippen LogP contribution in [0.2, 0.25) is 0 Å². The first-order chi connectivity index (χ1) is 14.4. The summed E-state index contributed by atoms with van der Waals surface area (Å²) in [6.45, 7) is 0. The van der Waals surface area contributed by atoms with E-state index in [1.807, 2.05) is 0 Å². The third kappa shape index (κ3) is 5.35. The van der Waals surface area contributed by atoms with Crippen LogP contribution in [-0.2, 0) is 0 Å². The van der Waals surface area contributed by atoms with E-state index in [0.29, 0.717) is 22.6 Å². The second-order valence-electron chi connectivity index (χ2n) is 6.13. The minimum atomic E-state index is -0.612. The van der Waals surface area contributed by atoms with E-state index in [0.717, 1.165) is 6.07 Å². The number of hydrazone groups is 1. The Bertz CT molecular complexity index is 1070. The average Bonchev–Trinajstić information content (AvgIpc) is 2.73. The molecule has 0 heterocycles. The van der Waals surface area contributed by atoms with E-state index in [1.54, 1.807) is 48.5 Å². The van der Waals surface area contributed by atoms with Crippen molar-refractivity contribution in [1.29, 1.82) is 0 Å². The lowest BCUT2D eigenvalue weighted by Crippen LogP contribution is -2.17. The zero-order chi connectivity index (χ0) is 21.5. The fraction of sp³-hybridized carbons (Fsp3) is 0.0455. The number of nitrogens with one attached hydrogen (secondary N) is 1. The molecule has 3 aromatic carbocycles. The van der Waals surface area contributed by atoms with Crippen LogP contribution in [-0.4, -0.2) is 35.4 Å². The van der Waals surface area contributed by atoms with Gasteiger partial charge in [0.05, 0.1) is 18.9 Å². The highest BCUT2D eigenvalue weighted by atomic mass is 16.5. The Hall–Kier alpha value is -4.33. The summed E-state index contributed by atoms with van der Waals surface area (Å²) in [5.74, 6) is -0.675. The first-order valence-electron chi connectivity index (χ1n) is 8.77. The Kier molecular flexibility index (Phi) is 6.29. The van der Waals surface area contributed by atoms with Gasteiger partial charge in [-0.3, -0.25) is 4.79 Å². The summed E-state index contributed by atoms with van der Waals surface area (Å²) in [5, 5.41) is 22.7. The number of methoxy groups -OCH3 is 1. The normalized spacial score (nSPS) is 10.6. The standard InChI is InChI=1S/C22H18N2O6/c1-29-19-7-5-15(6-8-19)22(28)30-20-4-2-3-14(9-20)13-23-24-21(27)16-10-17(25)12-18(26)11-16/h2-13,25-26H,1H3,(H,24,27)/b23-13-. The van der Waals surface area contributed by atoms with Gasteiger partial charge in [0.25, 0.3) is 5.91 Å². The van der Waals surface area contributed by atoms with Gasteiger partial charge in [0.1, 0.15) is 23.0 Å². The van der Waals surface area contributed by atoms with E-state index >= 15 is 0 Å². The zero-order valence-corrected chi connectivity index (χ0v) is 15.9. The van der Waals surface area contributed by atoms with Crippen molar-refractivity contribution in [1.82, 2.24) is 5.43 Å². The fourth-order valence-electron chi connectivity index (χ4n) is 2.51. The van der Waals surface area contributed by atoms with Crippen LogP contribution < -0.4 is 14.9 Å². The Morgan fingerprint density at radius 2 is 1.60 bits per heavy atom. The van der Waals surface area contributed by atoms with E-state index in [2.05, 4.69) is 10.5 Å². The van der Waals surface area contributed by atoms with Crippen LogP contribution in [0.3, 0.4) is 0 Å². The first-order valence-corrected chi connectivity index (χ1v) is 8.77. The van der Waals surface area contributed by atoms with Gasteiger partial charge in [0.2, 0.25) is 0 Å². The van der Waals surface area contributed by atoms with Crippen molar-refractivity contribution < 1.29 is 29.3 Å². The number of nitrogens with zero attached hydrogens (tertiary/aromatic N) is 1. The molecule has 0 radical (unpaired) electrons. The Balaban J connectivity index is 1.63. The number of hydrogen-bond donors (Lipinski definition) is 3. The van der Waals surface area contributed by atoms with Gasteiger partial charge in [-0.1, -0.05) is 12.1 Å². The molecule has 8 nitrogen and oxygen atoms in total.